The summed E-state index contributed by atoms with van der Waals surface area (Å²) in [4.78, 5) is 12.3. The number of aryl methyl sites for hydroxylation is 1. The summed E-state index contributed by atoms with van der Waals surface area (Å²) in [6.45, 7) is 2.02. The largest absolute Gasteiger partial charge is 0.497 e. The van der Waals surface area contributed by atoms with Gasteiger partial charge in [0.2, 0.25) is 0 Å². The van der Waals surface area contributed by atoms with Crippen LogP contribution in [0.25, 0.3) is 11.4 Å². The smallest absolute Gasteiger partial charge is 0.271 e. The van der Waals surface area contributed by atoms with Crippen LogP contribution in [0.5, 0.6) is 5.75 Å². The average molecular weight is 398 g/mol. The SMILES string of the molecule is COc1ccc(-n2cc(/C=N/NC(=O)c3ccc(-n4cccc4)cc3)cc2C)cc1. The first-order chi connectivity index (χ1) is 14.6. The van der Waals surface area contributed by atoms with Gasteiger partial charge in [-0.25, -0.2) is 5.43 Å². The van der Waals surface area contributed by atoms with Gasteiger partial charge in [-0.2, -0.15) is 5.10 Å². The number of nitrogens with one attached hydrogen (secondary N) is 1. The Kier molecular flexibility index (Phi) is 5.48. The minimum absolute atomic E-state index is 0.253. The van der Waals surface area contributed by atoms with Gasteiger partial charge in [-0.3, -0.25) is 4.79 Å². The molecule has 0 aliphatic carbocycles. The van der Waals surface area contributed by atoms with Crippen LogP contribution in [0.15, 0.2) is 90.4 Å². The Labute approximate surface area is 175 Å². The summed E-state index contributed by atoms with van der Waals surface area (Å²) in [5.74, 6) is 0.561. The van der Waals surface area contributed by atoms with Crippen LogP contribution in [0.2, 0.25) is 0 Å². The third-order valence-electron chi connectivity index (χ3n) is 4.80. The molecule has 0 saturated carbocycles. The molecular formula is C24H22N4O2. The van der Waals surface area contributed by atoms with Crippen LogP contribution in [0.4, 0.5) is 0 Å². The molecule has 6 nitrogen and oxygen atoms in total. The van der Waals surface area contributed by atoms with Crippen molar-refractivity contribution in [3.05, 3.63) is 102 Å². The molecule has 1 amide bonds. The van der Waals surface area contributed by atoms with Crippen LogP contribution in [-0.2, 0) is 0 Å². The summed E-state index contributed by atoms with van der Waals surface area (Å²) in [6, 6.07) is 21.1. The normalized spacial score (nSPS) is 11.0. The van der Waals surface area contributed by atoms with E-state index < -0.39 is 0 Å². The van der Waals surface area contributed by atoms with Crippen molar-refractivity contribution in [1.29, 1.82) is 0 Å². The second-order valence-corrected chi connectivity index (χ2v) is 6.82. The number of ether oxygens (including phenoxy) is 1. The summed E-state index contributed by atoms with van der Waals surface area (Å²) in [6.07, 6.45) is 7.52. The van der Waals surface area contributed by atoms with Crippen molar-refractivity contribution >= 4 is 12.1 Å². The van der Waals surface area contributed by atoms with Crippen molar-refractivity contribution in [3.8, 4) is 17.1 Å². The van der Waals surface area contributed by atoms with Gasteiger partial charge in [0.1, 0.15) is 5.75 Å². The first kappa shape index (κ1) is 19.3. The van der Waals surface area contributed by atoms with E-state index in [-0.39, 0.29) is 5.91 Å². The van der Waals surface area contributed by atoms with Gasteiger partial charge in [-0.05, 0) is 73.7 Å². The molecule has 4 rings (SSSR count). The van der Waals surface area contributed by atoms with Crippen molar-refractivity contribution < 1.29 is 9.53 Å². The quantitative estimate of drug-likeness (QED) is 0.388. The molecule has 150 valence electrons. The molecular weight excluding hydrogens is 376 g/mol. The fraction of sp³-hybridized carbons (Fsp3) is 0.0833. The number of nitrogens with zero attached hydrogens (tertiary/aromatic N) is 3. The zero-order chi connectivity index (χ0) is 20.9. The first-order valence-corrected chi connectivity index (χ1v) is 9.54. The Balaban J connectivity index is 1.41. The maximum absolute atomic E-state index is 12.3. The molecule has 0 bridgehead atoms. The van der Waals surface area contributed by atoms with Crippen molar-refractivity contribution in [2.75, 3.05) is 7.11 Å². The molecule has 0 spiro atoms. The number of hydrazone groups is 1. The minimum atomic E-state index is -0.253. The number of methoxy groups -OCH3 is 1. The van der Waals surface area contributed by atoms with Crippen LogP contribution in [0.3, 0.4) is 0 Å². The van der Waals surface area contributed by atoms with Gasteiger partial charge in [0, 0.05) is 46.8 Å². The highest BCUT2D eigenvalue weighted by Crippen LogP contribution is 2.18. The fourth-order valence-corrected chi connectivity index (χ4v) is 3.21. The van der Waals surface area contributed by atoms with Crippen LogP contribution in [-0.4, -0.2) is 28.4 Å². The molecule has 0 atom stereocenters. The topological polar surface area (TPSA) is 60.5 Å². The average Bonchev–Trinajstić information content (AvgIpc) is 3.44. The number of benzene rings is 2. The molecule has 0 saturated heterocycles. The predicted molar refractivity (Wildman–Crippen MR) is 118 cm³/mol. The van der Waals surface area contributed by atoms with Crippen LogP contribution < -0.4 is 10.2 Å². The van der Waals surface area contributed by atoms with Crippen molar-refractivity contribution in [1.82, 2.24) is 14.6 Å². The molecule has 30 heavy (non-hydrogen) atoms. The molecule has 0 radical (unpaired) electrons. The van der Waals surface area contributed by atoms with Gasteiger partial charge in [0.15, 0.2) is 0 Å². The lowest BCUT2D eigenvalue weighted by Crippen LogP contribution is -2.17. The highest BCUT2D eigenvalue weighted by molar-refractivity contribution is 5.95. The monoisotopic (exact) mass is 398 g/mol. The third-order valence-corrected chi connectivity index (χ3v) is 4.80. The van der Waals surface area contributed by atoms with E-state index in [2.05, 4.69) is 15.1 Å². The number of carbonyl (C=O) groups is 1. The Hall–Kier alpha value is -4.06. The van der Waals surface area contributed by atoms with Crippen molar-refractivity contribution in [2.24, 2.45) is 5.10 Å². The van der Waals surface area contributed by atoms with E-state index in [9.17, 15) is 4.79 Å². The number of hydrogen-bond acceptors (Lipinski definition) is 3. The highest BCUT2D eigenvalue weighted by Gasteiger charge is 2.06. The second-order valence-electron chi connectivity index (χ2n) is 6.82. The van der Waals surface area contributed by atoms with Gasteiger partial charge in [0.25, 0.3) is 5.91 Å². The van der Waals surface area contributed by atoms with Crippen molar-refractivity contribution in [3.63, 3.8) is 0 Å². The number of carbonyl (C=O) groups excluding carboxylic acids is 1. The molecule has 2 aromatic carbocycles. The number of aromatic nitrogens is 2. The van der Waals surface area contributed by atoms with E-state index in [1.807, 2.05) is 84.7 Å². The summed E-state index contributed by atoms with van der Waals surface area (Å²) in [5, 5.41) is 4.10. The standard InChI is InChI=1S/C24H22N4O2/c1-18-15-19(17-28(18)22-9-11-23(30-2)12-10-22)16-25-26-24(29)20-5-7-21(8-6-20)27-13-3-4-14-27/h3-17H,1-2H3,(H,26,29)/b25-16+. The van der Waals surface area contributed by atoms with Crippen LogP contribution in [0, 0.1) is 6.92 Å². The van der Waals surface area contributed by atoms with Gasteiger partial charge in [-0.15, -0.1) is 0 Å². The number of rotatable bonds is 6. The van der Waals surface area contributed by atoms with E-state index in [4.69, 9.17) is 4.74 Å². The molecule has 0 fully saturated rings. The lowest BCUT2D eigenvalue weighted by Gasteiger charge is -2.06. The molecule has 2 heterocycles. The van der Waals surface area contributed by atoms with E-state index in [1.54, 1.807) is 25.5 Å². The molecule has 0 aliphatic rings. The van der Waals surface area contributed by atoms with Gasteiger partial charge < -0.3 is 13.9 Å². The Bertz CT molecular complexity index is 1160. The zero-order valence-electron chi connectivity index (χ0n) is 16.8. The van der Waals surface area contributed by atoms with Gasteiger partial charge in [0.05, 0.1) is 13.3 Å². The molecule has 2 aromatic heterocycles. The van der Waals surface area contributed by atoms with Gasteiger partial charge in [-0.1, -0.05) is 0 Å². The maximum atomic E-state index is 12.3. The number of hydrogen-bond donors (Lipinski definition) is 1. The summed E-state index contributed by atoms with van der Waals surface area (Å²) in [5.41, 5.74) is 7.12. The van der Waals surface area contributed by atoms with Crippen molar-refractivity contribution in [2.45, 2.75) is 6.92 Å². The highest BCUT2D eigenvalue weighted by atomic mass is 16.5. The lowest BCUT2D eigenvalue weighted by atomic mass is 10.2. The maximum Gasteiger partial charge on any atom is 0.271 e. The molecule has 4 aromatic rings. The lowest BCUT2D eigenvalue weighted by molar-refractivity contribution is 0.0955. The minimum Gasteiger partial charge on any atom is -0.497 e. The molecule has 6 heteroatoms. The zero-order valence-corrected chi connectivity index (χ0v) is 16.8. The summed E-state index contributed by atoms with van der Waals surface area (Å²) >= 11 is 0. The molecule has 0 unspecified atom stereocenters. The Morgan fingerprint density at radius 1 is 1.00 bits per heavy atom. The third kappa shape index (κ3) is 4.17. The summed E-state index contributed by atoms with van der Waals surface area (Å²) in [7, 11) is 1.65. The van der Waals surface area contributed by atoms with Crippen LogP contribution in [0.1, 0.15) is 21.6 Å². The second kappa shape index (κ2) is 8.53. The van der Waals surface area contributed by atoms with E-state index in [0.717, 1.165) is 28.4 Å². The van der Waals surface area contributed by atoms with Gasteiger partial charge >= 0.3 is 0 Å². The molecule has 0 aliphatic heterocycles. The summed E-state index contributed by atoms with van der Waals surface area (Å²) < 4.78 is 9.25. The number of amides is 1. The van der Waals surface area contributed by atoms with Crippen LogP contribution >= 0.6 is 0 Å². The Morgan fingerprint density at radius 2 is 1.67 bits per heavy atom. The van der Waals surface area contributed by atoms with E-state index in [0.29, 0.717) is 5.56 Å². The molecule has 1 N–H and O–H groups in total. The van der Waals surface area contributed by atoms with E-state index >= 15 is 0 Å². The predicted octanol–water partition coefficient (Wildman–Crippen LogP) is 4.35. The first-order valence-electron chi connectivity index (χ1n) is 9.54. The Morgan fingerprint density at radius 3 is 2.33 bits per heavy atom. The fourth-order valence-electron chi connectivity index (χ4n) is 3.21. The van der Waals surface area contributed by atoms with E-state index in [1.165, 1.54) is 0 Å².